The lowest BCUT2D eigenvalue weighted by molar-refractivity contribution is 0.101. The van der Waals surface area contributed by atoms with E-state index in [0.717, 1.165) is 25.9 Å². The van der Waals surface area contributed by atoms with E-state index in [2.05, 4.69) is 18.0 Å². The Hall–Kier alpha value is -1.44. The van der Waals surface area contributed by atoms with Crippen LogP contribution in [0.1, 0.15) is 18.4 Å². The molecule has 5 heteroatoms. The highest BCUT2D eigenvalue weighted by Gasteiger charge is 2.22. The van der Waals surface area contributed by atoms with Crippen LogP contribution in [0.15, 0.2) is 12.1 Å². The normalized spacial score (nSPS) is 19.8. The van der Waals surface area contributed by atoms with Gasteiger partial charge in [0.05, 0.1) is 23.8 Å². The van der Waals surface area contributed by atoms with Gasteiger partial charge >= 0.3 is 0 Å². The van der Waals surface area contributed by atoms with Crippen molar-refractivity contribution in [3.63, 3.8) is 0 Å². The number of hydrogen-bond donors (Lipinski definition) is 0. The SMILES string of the molecule is COc1cc(C#N)cc(Cl)c1OC1CCCN(C)C1. The summed E-state index contributed by atoms with van der Waals surface area (Å²) in [4.78, 5) is 2.23. The minimum absolute atomic E-state index is 0.109. The molecule has 0 aromatic heterocycles. The number of nitrogens with zero attached hydrogens (tertiary/aromatic N) is 2. The number of ether oxygens (including phenoxy) is 2. The molecule has 1 aromatic carbocycles. The maximum Gasteiger partial charge on any atom is 0.180 e. The van der Waals surface area contributed by atoms with Crippen LogP contribution in [-0.4, -0.2) is 38.3 Å². The van der Waals surface area contributed by atoms with Crippen molar-refractivity contribution in [1.29, 1.82) is 5.26 Å². The molecule has 1 fully saturated rings. The third-order valence-corrected chi connectivity index (χ3v) is 3.51. The Morgan fingerprint density at radius 1 is 1.47 bits per heavy atom. The zero-order valence-corrected chi connectivity index (χ0v) is 11.9. The molecular formula is C14H17ClN2O2. The van der Waals surface area contributed by atoms with Gasteiger partial charge in [0.1, 0.15) is 6.10 Å². The van der Waals surface area contributed by atoms with Gasteiger partial charge in [-0.15, -0.1) is 0 Å². The van der Waals surface area contributed by atoms with Gasteiger partial charge in [-0.25, -0.2) is 0 Å². The number of likely N-dealkylation sites (tertiary alicyclic amines) is 1. The van der Waals surface area contributed by atoms with E-state index in [1.165, 1.54) is 0 Å². The second-order valence-corrected chi connectivity index (χ2v) is 5.15. The first-order chi connectivity index (χ1) is 9.13. The molecule has 0 radical (unpaired) electrons. The molecule has 1 saturated heterocycles. The first-order valence-electron chi connectivity index (χ1n) is 6.27. The van der Waals surface area contributed by atoms with Gasteiger partial charge in [0.2, 0.25) is 0 Å². The number of piperidine rings is 1. The average Bonchev–Trinajstić information content (AvgIpc) is 2.40. The molecule has 1 aromatic rings. The summed E-state index contributed by atoms with van der Waals surface area (Å²) in [5.74, 6) is 1.04. The minimum atomic E-state index is 0.109. The maximum atomic E-state index is 8.92. The Balaban J connectivity index is 2.22. The summed E-state index contributed by atoms with van der Waals surface area (Å²) in [5.41, 5.74) is 0.468. The van der Waals surface area contributed by atoms with E-state index in [0.29, 0.717) is 22.1 Å². The predicted octanol–water partition coefficient (Wildman–Crippen LogP) is 2.69. The smallest absolute Gasteiger partial charge is 0.180 e. The molecule has 1 aliphatic heterocycles. The summed E-state index contributed by atoms with van der Waals surface area (Å²) >= 11 is 6.18. The fourth-order valence-electron chi connectivity index (χ4n) is 2.28. The standard InChI is InChI=1S/C14H17ClN2O2/c1-17-5-3-4-11(9-17)19-14-12(15)6-10(8-16)7-13(14)18-2/h6-7,11H,3-5,9H2,1-2H3. The number of methoxy groups -OCH3 is 1. The molecule has 0 saturated carbocycles. The Morgan fingerprint density at radius 2 is 2.26 bits per heavy atom. The first kappa shape index (κ1) is 14.0. The Kier molecular flexibility index (Phi) is 4.52. The van der Waals surface area contributed by atoms with Crippen molar-refractivity contribution in [2.45, 2.75) is 18.9 Å². The number of halogens is 1. The highest BCUT2D eigenvalue weighted by atomic mass is 35.5. The van der Waals surface area contributed by atoms with Crippen LogP contribution in [0.4, 0.5) is 0 Å². The van der Waals surface area contributed by atoms with E-state index in [1.54, 1.807) is 19.2 Å². The zero-order valence-electron chi connectivity index (χ0n) is 11.1. The third kappa shape index (κ3) is 3.31. The molecule has 1 atom stereocenters. The van der Waals surface area contributed by atoms with Gasteiger partial charge < -0.3 is 14.4 Å². The van der Waals surface area contributed by atoms with Crippen molar-refractivity contribution in [2.75, 3.05) is 27.2 Å². The van der Waals surface area contributed by atoms with Crippen molar-refractivity contribution in [3.05, 3.63) is 22.7 Å². The molecule has 0 N–H and O–H groups in total. The molecule has 0 amide bonds. The average molecular weight is 281 g/mol. The van der Waals surface area contributed by atoms with Crippen molar-refractivity contribution in [2.24, 2.45) is 0 Å². The molecule has 1 aliphatic rings. The predicted molar refractivity (Wildman–Crippen MR) is 73.9 cm³/mol. The van der Waals surface area contributed by atoms with Crippen LogP contribution in [-0.2, 0) is 0 Å². The summed E-state index contributed by atoms with van der Waals surface area (Å²) in [6, 6.07) is 5.30. The lowest BCUT2D eigenvalue weighted by Crippen LogP contribution is -2.38. The number of hydrogen-bond acceptors (Lipinski definition) is 4. The minimum Gasteiger partial charge on any atom is -0.493 e. The summed E-state index contributed by atoms with van der Waals surface area (Å²) in [6.07, 6.45) is 2.22. The molecule has 4 nitrogen and oxygen atoms in total. The largest absolute Gasteiger partial charge is 0.493 e. The van der Waals surface area contributed by atoms with Gasteiger partial charge in [0, 0.05) is 12.6 Å². The van der Waals surface area contributed by atoms with Crippen LogP contribution < -0.4 is 9.47 Å². The summed E-state index contributed by atoms with van der Waals surface area (Å²) in [5, 5.41) is 9.34. The van der Waals surface area contributed by atoms with E-state index in [9.17, 15) is 0 Å². The van der Waals surface area contributed by atoms with Gasteiger partial charge in [-0.3, -0.25) is 0 Å². The van der Waals surface area contributed by atoms with Gasteiger partial charge in [-0.1, -0.05) is 11.6 Å². The molecular weight excluding hydrogens is 264 g/mol. The Bertz CT molecular complexity index is 499. The monoisotopic (exact) mass is 280 g/mol. The molecule has 19 heavy (non-hydrogen) atoms. The second kappa shape index (κ2) is 6.14. The lowest BCUT2D eigenvalue weighted by atomic mass is 10.1. The van der Waals surface area contributed by atoms with Crippen molar-refractivity contribution in [1.82, 2.24) is 4.90 Å². The van der Waals surface area contributed by atoms with Crippen molar-refractivity contribution < 1.29 is 9.47 Å². The number of rotatable bonds is 3. The van der Waals surface area contributed by atoms with Crippen LogP contribution >= 0.6 is 11.6 Å². The molecule has 0 bridgehead atoms. The Labute approximate surface area is 118 Å². The van der Waals surface area contributed by atoms with Crippen LogP contribution in [0, 0.1) is 11.3 Å². The third-order valence-electron chi connectivity index (χ3n) is 3.22. The summed E-state index contributed by atoms with van der Waals surface area (Å²) < 4.78 is 11.2. The van der Waals surface area contributed by atoms with Crippen LogP contribution in [0.25, 0.3) is 0 Å². The topological polar surface area (TPSA) is 45.5 Å². The summed E-state index contributed by atoms with van der Waals surface area (Å²) in [6.45, 7) is 1.97. The summed E-state index contributed by atoms with van der Waals surface area (Å²) in [7, 11) is 3.62. The van der Waals surface area contributed by atoms with E-state index in [4.69, 9.17) is 26.3 Å². The van der Waals surface area contributed by atoms with E-state index in [1.807, 2.05) is 0 Å². The first-order valence-corrected chi connectivity index (χ1v) is 6.64. The number of benzene rings is 1. The van der Waals surface area contributed by atoms with Crippen molar-refractivity contribution in [3.8, 4) is 17.6 Å². The van der Waals surface area contributed by atoms with E-state index >= 15 is 0 Å². The highest BCUT2D eigenvalue weighted by Crippen LogP contribution is 2.37. The van der Waals surface area contributed by atoms with Crippen LogP contribution in [0.3, 0.4) is 0 Å². The molecule has 102 valence electrons. The highest BCUT2D eigenvalue weighted by molar-refractivity contribution is 6.32. The number of nitriles is 1. The number of likely N-dealkylation sites (N-methyl/N-ethyl adjacent to an activating group) is 1. The fourth-order valence-corrected chi connectivity index (χ4v) is 2.54. The van der Waals surface area contributed by atoms with Crippen LogP contribution in [0.2, 0.25) is 5.02 Å². The Morgan fingerprint density at radius 3 is 2.89 bits per heavy atom. The van der Waals surface area contributed by atoms with E-state index in [-0.39, 0.29) is 6.10 Å². The van der Waals surface area contributed by atoms with Crippen LogP contribution in [0.5, 0.6) is 11.5 Å². The molecule has 0 aliphatic carbocycles. The molecule has 1 unspecified atom stereocenters. The van der Waals surface area contributed by atoms with Crippen molar-refractivity contribution >= 4 is 11.6 Å². The van der Waals surface area contributed by atoms with Gasteiger partial charge in [0.15, 0.2) is 11.5 Å². The van der Waals surface area contributed by atoms with E-state index < -0.39 is 0 Å². The maximum absolute atomic E-state index is 8.92. The van der Waals surface area contributed by atoms with Gasteiger partial charge in [-0.2, -0.15) is 5.26 Å². The molecule has 1 heterocycles. The lowest BCUT2D eigenvalue weighted by Gasteiger charge is -2.30. The molecule has 2 rings (SSSR count). The second-order valence-electron chi connectivity index (χ2n) is 4.75. The zero-order chi connectivity index (χ0) is 13.8. The quantitative estimate of drug-likeness (QED) is 0.854. The van der Waals surface area contributed by atoms with Gasteiger partial charge in [-0.05, 0) is 32.5 Å². The fraction of sp³-hybridized carbons (Fsp3) is 0.500. The molecule has 0 spiro atoms. The van der Waals surface area contributed by atoms with Gasteiger partial charge in [0.25, 0.3) is 0 Å².